The van der Waals surface area contributed by atoms with E-state index in [1.165, 1.54) is 12.1 Å². The molecule has 1 aromatic carbocycles. The standard InChI is InChI=1S/C14H16Cl2N2O2/c15-8-3-10(16)13(12(19)4-8)14(20)18-5-7-1-2-11(17)9(7)6-18/h3-4,7,9,11,19H,1-2,5-6,17H2. The summed E-state index contributed by atoms with van der Waals surface area (Å²) < 4.78 is 0. The molecule has 2 aliphatic rings. The smallest absolute Gasteiger partial charge is 0.259 e. The number of rotatable bonds is 1. The van der Waals surface area contributed by atoms with Gasteiger partial charge in [-0.05, 0) is 36.8 Å². The number of hydrogen-bond donors (Lipinski definition) is 2. The second kappa shape index (κ2) is 5.10. The number of nitrogens with two attached hydrogens (primary N) is 1. The minimum absolute atomic E-state index is 0.129. The number of hydrogen-bond acceptors (Lipinski definition) is 3. The highest BCUT2D eigenvalue weighted by Crippen LogP contribution is 2.39. The average molecular weight is 315 g/mol. The molecule has 6 heteroatoms. The van der Waals surface area contributed by atoms with Crippen LogP contribution in [0.1, 0.15) is 23.2 Å². The molecule has 0 aromatic heterocycles. The van der Waals surface area contributed by atoms with Crippen molar-refractivity contribution in [2.45, 2.75) is 18.9 Å². The molecule has 1 aliphatic heterocycles. The summed E-state index contributed by atoms with van der Waals surface area (Å²) in [6, 6.07) is 2.98. The van der Waals surface area contributed by atoms with Gasteiger partial charge in [0.15, 0.2) is 0 Å². The highest BCUT2D eigenvalue weighted by atomic mass is 35.5. The number of amides is 1. The first-order valence-electron chi connectivity index (χ1n) is 6.70. The van der Waals surface area contributed by atoms with Gasteiger partial charge in [-0.15, -0.1) is 0 Å². The Hall–Kier alpha value is -0.970. The van der Waals surface area contributed by atoms with Crippen molar-refractivity contribution >= 4 is 29.1 Å². The van der Waals surface area contributed by atoms with Crippen molar-refractivity contribution in [3.05, 3.63) is 27.7 Å². The van der Waals surface area contributed by atoms with Gasteiger partial charge >= 0.3 is 0 Å². The highest BCUT2D eigenvalue weighted by Gasteiger charge is 2.43. The van der Waals surface area contributed by atoms with Crippen LogP contribution in [0.5, 0.6) is 5.75 Å². The Kier molecular flexibility index (Phi) is 3.56. The first-order valence-corrected chi connectivity index (χ1v) is 7.46. The zero-order valence-corrected chi connectivity index (χ0v) is 12.4. The highest BCUT2D eigenvalue weighted by molar-refractivity contribution is 6.37. The second-order valence-electron chi connectivity index (χ2n) is 5.66. The van der Waals surface area contributed by atoms with Gasteiger partial charge in [0.25, 0.3) is 5.91 Å². The van der Waals surface area contributed by atoms with Crippen LogP contribution in [0, 0.1) is 11.8 Å². The van der Waals surface area contributed by atoms with Crippen molar-refractivity contribution in [3.63, 3.8) is 0 Å². The number of aromatic hydroxyl groups is 1. The van der Waals surface area contributed by atoms with Crippen LogP contribution < -0.4 is 5.73 Å². The summed E-state index contributed by atoms with van der Waals surface area (Å²) in [5.74, 6) is 0.425. The maximum absolute atomic E-state index is 12.5. The largest absolute Gasteiger partial charge is 0.507 e. The van der Waals surface area contributed by atoms with Crippen LogP contribution in [0.2, 0.25) is 10.0 Å². The van der Waals surface area contributed by atoms with E-state index in [0.717, 1.165) is 12.8 Å². The van der Waals surface area contributed by atoms with E-state index in [4.69, 9.17) is 28.9 Å². The molecule has 1 aromatic rings. The zero-order chi connectivity index (χ0) is 14.4. The predicted molar refractivity (Wildman–Crippen MR) is 78.2 cm³/mol. The Bertz CT molecular complexity index is 541. The SMILES string of the molecule is NC1CCC2CN(C(=O)c3c(O)cc(Cl)cc3Cl)CC12. The molecule has 20 heavy (non-hydrogen) atoms. The number of likely N-dealkylation sites (tertiary alicyclic amines) is 1. The number of carbonyl (C=O) groups excluding carboxylic acids is 1. The molecule has 1 aliphatic carbocycles. The lowest BCUT2D eigenvalue weighted by Gasteiger charge is -2.20. The van der Waals surface area contributed by atoms with E-state index in [0.29, 0.717) is 29.9 Å². The predicted octanol–water partition coefficient (Wildman–Crippen LogP) is 2.51. The van der Waals surface area contributed by atoms with E-state index in [1.54, 1.807) is 4.90 Å². The molecular formula is C14H16Cl2N2O2. The Morgan fingerprint density at radius 1 is 1.30 bits per heavy atom. The van der Waals surface area contributed by atoms with E-state index in [9.17, 15) is 9.90 Å². The molecule has 0 radical (unpaired) electrons. The summed E-state index contributed by atoms with van der Waals surface area (Å²) in [7, 11) is 0. The Balaban J connectivity index is 1.84. The average Bonchev–Trinajstić information content (AvgIpc) is 2.90. The van der Waals surface area contributed by atoms with E-state index in [-0.39, 0.29) is 28.3 Å². The van der Waals surface area contributed by atoms with E-state index in [1.807, 2.05) is 0 Å². The second-order valence-corrected chi connectivity index (χ2v) is 6.50. The number of carbonyl (C=O) groups is 1. The monoisotopic (exact) mass is 314 g/mol. The zero-order valence-electron chi connectivity index (χ0n) is 10.9. The number of nitrogens with zero attached hydrogens (tertiary/aromatic N) is 1. The van der Waals surface area contributed by atoms with Gasteiger partial charge in [0.05, 0.1) is 10.6 Å². The molecular weight excluding hydrogens is 299 g/mol. The van der Waals surface area contributed by atoms with Crippen LogP contribution in [0.15, 0.2) is 12.1 Å². The van der Waals surface area contributed by atoms with Crippen molar-refractivity contribution < 1.29 is 9.90 Å². The van der Waals surface area contributed by atoms with Crippen LogP contribution in [0.3, 0.4) is 0 Å². The third-order valence-electron chi connectivity index (χ3n) is 4.45. The maximum atomic E-state index is 12.5. The van der Waals surface area contributed by atoms with Crippen LogP contribution in [-0.4, -0.2) is 35.0 Å². The molecule has 1 saturated heterocycles. The Morgan fingerprint density at radius 3 is 2.70 bits per heavy atom. The van der Waals surface area contributed by atoms with Crippen molar-refractivity contribution in [1.29, 1.82) is 0 Å². The van der Waals surface area contributed by atoms with Crippen molar-refractivity contribution in [3.8, 4) is 5.75 Å². The molecule has 3 unspecified atom stereocenters. The van der Waals surface area contributed by atoms with Crippen LogP contribution >= 0.6 is 23.2 Å². The molecule has 1 heterocycles. The number of halogens is 2. The fraction of sp³-hybridized carbons (Fsp3) is 0.500. The molecule has 0 bridgehead atoms. The van der Waals surface area contributed by atoms with Gasteiger partial charge < -0.3 is 15.7 Å². The lowest BCUT2D eigenvalue weighted by atomic mass is 9.98. The lowest BCUT2D eigenvalue weighted by Crippen LogP contribution is -2.33. The van der Waals surface area contributed by atoms with E-state index < -0.39 is 0 Å². The molecule has 3 rings (SSSR count). The van der Waals surface area contributed by atoms with Crippen LogP contribution in [-0.2, 0) is 0 Å². The Labute approximate surface area is 127 Å². The first-order chi connectivity index (χ1) is 9.47. The van der Waals surface area contributed by atoms with Gasteiger partial charge in [0.1, 0.15) is 5.75 Å². The molecule has 0 spiro atoms. The van der Waals surface area contributed by atoms with Gasteiger partial charge in [0.2, 0.25) is 0 Å². The summed E-state index contributed by atoms with van der Waals surface area (Å²) in [4.78, 5) is 14.3. The minimum atomic E-state index is -0.245. The third kappa shape index (κ3) is 2.26. The van der Waals surface area contributed by atoms with Gasteiger partial charge in [-0.3, -0.25) is 4.79 Å². The normalized spacial score (nSPS) is 28.8. The van der Waals surface area contributed by atoms with E-state index >= 15 is 0 Å². The number of benzene rings is 1. The molecule has 4 nitrogen and oxygen atoms in total. The molecule has 2 fully saturated rings. The van der Waals surface area contributed by atoms with E-state index in [2.05, 4.69) is 0 Å². The summed E-state index contributed by atoms with van der Waals surface area (Å²) >= 11 is 11.8. The van der Waals surface area contributed by atoms with Crippen molar-refractivity contribution in [2.75, 3.05) is 13.1 Å². The number of phenols is 1. The molecule has 108 valence electrons. The first kappa shape index (κ1) is 14.0. The molecule has 3 atom stereocenters. The number of fused-ring (bicyclic) bond motifs is 1. The quantitative estimate of drug-likeness (QED) is 0.837. The fourth-order valence-electron chi connectivity index (χ4n) is 3.40. The third-order valence-corrected chi connectivity index (χ3v) is 4.96. The summed E-state index contributed by atoms with van der Waals surface area (Å²) in [5, 5.41) is 10.4. The minimum Gasteiger partial charge on any atom is -0.507 e. The summed E-state index contributed by atoms with van der Waals surface area (Å²) in [6.07, 6.45) is 2.10. The van der Waals surface area contributed by atoms with Gasteiger partial charge in [-0.25, -0.2) is 0 Å². The lowest BCUT2D eigenvalue weighted by molar-refractivity contribution is 0.0777. The number of phenolic OH excluding ortho intramolecular Hbond substituents is 1. The van der Waals surface area contributed by atoms with Gasteiger partial charge in [-0.2, -0.15) is 0 Å². The maximum Gasteiger partial charge on any atom is 0.259 e. The summed E-state index contributed by atoms with van der Waals surface area (Å²) in [5.41, 5.74) is 6.20. The van der Waals surface area contributed by atoms with Gasteiger partial charge in [0, 0.05) is 24.2 Å². The Morgan fingerprint density at radius 2 is 2.05 bits per heavy atom. The molecule has 3 N–H and O–H groups in total. The van der Waals surface area contributed by atoms with Crippen LogP contribution in [0.25, 0.3) is 0 Å². The fourth-order valence-corrected chi connectivity index (χ4v) is 3.97. The van der Waals surface area contributed by atoms with Gasteiger partial charge in [-0.1, -0.05) is 23.2 Å². The molecule has 1 amide bonds. The topological polar surface area (TPSA) is 66.6 Å². The van der Waals surface area contributed by atoms with Crippen LogP contribution in [0.4, 0.5) is 0 Å². The summed E-state index contributed by atoms with van der Waals surface area (Å²) in [6.45, 7) is 1.33. The molecule has 1 saturated carbocycles. The van der Waals surface area contributed by atoms with Crippen molar-refractivity contribution in [2.24, 2.45) is 17.6 Å². The van der Waals surface area contributed by atoms with Crippen molar-refractivity contribution in [1.82, 2.24) is 4.90 Å².